The summed E-state index contributed by atoms with van der Waals surface area (Å²) in [5.41, 5.74) is 6.46. The maximum atomic E-state index is 12.6. The first kappa shape index (κ1) is 13.6. The van der Waals surface area contributed by atoms with Crippen LogP contribution in [0.25, 0.3) is 0 Å². The van der Waals surface area contributed by atoms with Crippen LogP contribution in [0.15, 0.2) is 54.6 Å². The van der Waals surface area contributed by atoms with Gasteiger partial charge in [0.1, 0.15) is 11.5 Å². The average Bonchev–Trinajstić information content (AvgIpc) is 2.95. The van der Waals surface area contributed by atoms with Crippen LogP contribution in [-0.2, 0) is 0 Å². The summed E-state index contributed by atoms with van der Waals surface area (Å²) >= 11 is 0. The number of nitrogens with two attached hydrogens (primary N) is 1. The number of benzene rings is 2. The van der Waals surface area contributed by atoms with Gasteiger partial charge in [-0.15, -0.1) is 0 Å². The Hall–Kier alpha value is -2.33. The van der Waals surface area contributed by atoms with Crippen molar-refractivity contribution in [2.75, 3.05) is 13.1 Å². The van der Waals surface area contributed by atoms with E-state index in [2.05, 4.69) is 0 Å². The van der Waals surface area contributed by atoms with Crippen LogP contribution in [0.3, 0.4) is 0 Å². The van der Waals surface area contributed by atoms with Gasteiger partial charge in [-0.3, -0.25) is 4.79 Å². The standard InChI is InChI=1S/C17H18N2O2/c18-13-10-11-19(12-13)17(20)15-8-4-5-9-16(15)21-14-6-2-1-3-7-14/h1-9,13H,10-12,18H2/t13-/m0/s1. The summed E-state index contributed by atoms with van der Waals surface area (Å²) in [4.78, 5) is 14.4. The Morgan fingerprint density at radius 1 is 1.10 bits per heavy atom. The van der Waals surface area contributed by atoms with Gasteiger partial charge >= 0.3 is 0 Å². The van der Waals surface area contributed by atoms with Crippen molar-refractivity contribution < 1.29 is 9.53 Å². The number of para-hydroxylation sites is 2. The van der Waals surface area contributed by atoms with Crippen LogP contribution in [-0.4, -0.2) is 29.9 Å². The van der Waals surface area contributed by atoms with E-state index in [1.165, 1.54) is 0 Å². The maximum Gasteiger partial charge on any atom is 0.257 e. The highest BCUT2D eigenvalue weighted by atomic mass is 16.5. The summed E-state index contributed by atoms with van der Waals surface area (Å²) in [6.07, 6.45) is 0.855. The van der Waals surface area contributed by atoms with Crippen LogP contribution in [0.4, 0.5) is 0 Å². The van der Waals surface area contributed by atoms with Gasteiger partial charge in [-0.1, -0.05) is 30.3 Å². The van der Waals surface area contributed by atoms with Crippen molar-refractivity contribution in [1.82, 2.24) is 4.90 Å². The highest BCUT2D eigenvalue weighted by molar-refractivity contribution is 5.97. The molecule has 1 amide bonds. The number of hydrogen-bond acceptors (Lipinski definition) is 3. The minimum Gasteiger partial charge on any atom is -0.457 e. The molecule has 2 N–H and O–H groups in total. The largest absolute Gasteiger partial charge is 0.457 e. The van der Waals surface area contributed by atoms with Crippen molar-refractivity contribution in [3.63, 3.8) is 0 Å². The van der Waals surface area contributed by atoms with E-state index in [0.717, 1.165) is 12.2 Å². The molecule has 1 aliphatic heterocycles. The molecular formula is C17H18N2O2. The summed E-state index contributed by atoms with van der Waals surface area (Å²) in [7, 11) is 0. The molecule has 1 aliphatic rings. The van der Waals surface area contributed by atoms with Crippen LogP contribution in [0.1, 0.15) is 16.8 Å². The van der Waals surface area contributed by atoms with Crippen LogP contribution < -0.4 is 10.5 Å². The minimum absolute atomic E-state index is 0.0190. The van der Waals surface area contributed by atoms with E-state index in [0.29, 0.717) is 24.4 Å². The molecule has 4 nitrogen and oxygen atoms in total. The van der Waals surface area contributed by atoms with Gasteiger partial charge in [0.05, 0.1) is 5.56 Å². The predicted molar refractivity (Wildman–Crippen MR) is 81.5 cm³/mol. The Balaban J connectivity index is 1.84. The van der Waals surface area contributed by atoms with Crippen molar-refractivity contribution in [3.05, 3.63) is 60.2 Å². The van der Waals surface area contributed by atoms with E-state index in [-0.39, 0.29) is 11.9 Å². The lowest BCUT2D eigenvalue weighted by molar-refractivity contribution is 0.0788. The molecule has 1 saturated heterocycles. The third-order valence-electron chi connectivity index (χ3n) is 3.60. The smallest absolute Gasteiger partial charge is 0.257 e. The number of likely N-dealkylation sites (tertiary alicyclic amines) is 1. The van der Waals surface area contributed by atoms with Crippen molar-refractivity contribution in [2.24, 2.45) is 5.73 Å². The molecule has 108 valence electrons. The molecule has 0 unspecified atom stereocenters. The van der Waals surface area contributed by atoms with Gasteiger partial charge in [0.25, 0.3) is 5.91 Å². The van der Waals surface area contributed by atoms with Crippen LogP contribution in [0, 0.1) is 0 Å². The fourth-order valence-corrected chi connectivity index (χ4v) is 2.49. The molecule has 0 aromatic heterocycles. The number of nitrogens with zero attached hydrogens (tertiary/aromatic N) is 1. The molecule has 3 rings (SSSR count). The molecule has 2 aromatic rings. The third-order valence-corrected chi connectivity index (χ3v) is 3.60. The van der Waals surface area contributed by atoms with Gasteiger partial charge in [-0.25, -0.2) is 0 Å². The highest BCUT2D eigenvalue weighted by Crippen LogP contribution is 2.26. The molecule has 21 heavy (non-hydrogen) atoms. The van der Waals surface area contributed by atoms with Crippen LogP contribution in [0.5, 0.6) is 11.5 Å². The maximum absolute atomic E-state index is 12.6. The lowest BCUT2D eigenvalue weighted by atomic mass is 10.1. The van der Waals surface area contributed by atoms with Crippen molar-refractivity contribution in [1.29, 1.82) is 0 Å². The predicted octanol–water partition coefficient (Wildman–Crippen LogP) is 2.65. The number of ether oxygens (including phenoxy) is 1. The topological polar surface area (TPSA) is 55.6 Å². The number of carbonyl (C=O) groups is 1. The zero-order chi connectivity index (χ0) is 14.7. The normalized spacial score (nSPS) is 17.8. The Labute approximate surface area is 124 Å². The SMILES string of the molecule is N[C@H]1CCN(C(=O)c2ccccc2Oc2ccccc2)C1. The molecule has 1 atom stereocenters. The number of rotatable bonds is 3. The fourth-order valence-electron chi connectivity index (χ4n) is 2.49. The van der Waals surface area contributed by atoms with Gasteiger partial charge in [0.15, 0.2) is 0 Å². The highest BCUT2D eigenvalue weighted by Gasteiger charge is 2.26. The molecule has 0 saturated carbocycles. The van der Waals surface area contributed by atoms with Crippen molar-refractivity contribution in [3.8, 4) is 11.5 Å². The molecule has 1 fully saturated rings. The molecule has 4 heteroatoms. The zero-order valence-corrected chi connectivity index (χ0v) is 11.7. The Morgan fingerprint density at radius 2 is 1.81 bits per heavy atom. The minimum atomic E-state index is -0.0190. The van der Waals surface area contributed by atoms with Crippen molar-refractivity contribution in [2.45, 2.75) is 12.5 Å². The second-order valence-corrected chi connectivity index (χ2v) is 5.21. The van der Waals surface area contributed by atoms with Crippen LogP contribution >= 0.6 is 0 Å². The zero-order valence-electron chi connectivity index (χ0n) is 11.7. The molecule has 0 spiro atoms. The first-order valence-electron chi connectivity index (χ1n) is 7.11. The van der Waals surface area contributed by atoms with Gasteiger partial charge in [-0.05, 0) is 30.7 Å². The summed E-state index contributed by atoms with van der Waals surface area (Å²) in [6, 6.07) is 16.9. The number of carbonyl (C=O) groups excluding carboxylic acids is 1. The molecule has 0 bridgehead atoms. The van der Waals surface area contributed by atoms with E-state index in [4.69, 9.17) is 10.5 Å². The third kappa shape index (κ3) is 3.06. The van der Waals surface area contributed by atoms with Gasteiger partial charge < -0.3 is 15.4 Å². The molecule has 0 radical (unpaired) electrons. The van der Waals surface area contributed by atoms with Gasteiger partial charge in [0.2, 0.25) is 0 Å². The van der Waals surface area contributed by atoms with Gasteiger partial charge in [-0.2, -0.15) is 0 Å². The van der Waals surface area contributed by atoms with Crippen LogP contribution in [0.2, 0.25) is 0 Å². The van der Waals surface area contributed by atoms with E-state index >= 15 is 0 Å². The first-order valence-corrected chi connectivity index (χ1v) is 7.11. The summed E-state index contributed by atoms with van der Waals surface area (Å²) < 4.78 is 5.84. The molecule has 0 aliphatic carbocycles. The van der Waals surface area contributed by atoms with E-state index in [1.54, 1.807) is 11.0 Å². The summed E-state index contributed by atoms with van der Waals surface area (Å²) in [5.74, 6) is 1.28. The Morgan fingerprint density at radius 3 is 2.52 bits per heavy atom. The van der Waals surface area contributed by atoms with Gasteiger partial charge in [0, 0.05) is 19.1 Å². The van der Waals surface area contributed by atoms with E-state index in [1.807, 2.05) is 48.5 Å². The van der Waals surface area contributed by atoms with Crippen molar-refractivity contribution >= 4 is 5.91 Å². The van der Waals surface area contributed by atoms with E-state index < -0.39 is 0 Å². The average molecular weight is 282 g/mol. The Bertz CT molecular complexity index is 628. The number of hydrogen-bond donors (Lipinski definition) is 1. The quantitative estimate of drug-likeness (QED) is 0.941. The molecule has 2 aromatic carbocycles. The number of amides is 1. The lowest BCUT2D eigenvalue weighted by Crippen LogP contribution is -2.32. The second kappa shape index (κ2) is 5.97. The first-order chi connectivity index (χ1) is 10.2. The molecular weight excluding hydrogens is 264 g/mol. The second-order valence-electron chi connectivity index (χ2n) is 5.21. The molecule has 1 heterocycles. The summed E-state index contributed by atoms with van der Waals surface area (Å²) in [5, 5.41) is 0. The lowest BCUT2D eigenvalue weighted by Gasteiger charge is -2.18. The monoisotopic (exact) mass is 282 g/mol. The fraction of sp³-hybridized carbons (Fsp3) is 0.235. The van der Waals surface area contributed by atoms with E-state index in [9.17, 15) is 4.79 Å². The Kier molecular flexibility index (Phi) is 3.88. The summed E-state index contributed by atoms with van der Waals surface area (Å²) in [6.45, 7) is 1.32.